The molecule has 0 saturated carbocycles. The van der Waals surface area contributed by atoms with Crippen LogP contribution in [0.2, 0.25) is 0 Å². The second-order valence-electron chi connectivity index (χ2n) is 2.54. The van der Waals surface area contributed by atoms with Gasteiger partial charge in [-0.25, -0.2) is 9.78 Å². The van der Waals surface area contributed by atoms with E-state index >= 15 is 0 Å². The van der Waals surface area contributed by atoms with Gasteiger partial charge in [-0.15, -0.1) is 0 Å². The van der Waals surface area contributed by atoms with Crippen LogP contribution in [-0.2, 0) is 6.54 Å². The van der Waals surface area contributed by atoms with Gasteiger partial charge in [0.15, 0.2) is 0 Å². The van der Waals surface area contributed by atoms with Crippen LogP contribution < -0.4 is 11.1 Å². The van der Waals surface area contributed by atoms with Crippen LogP contribution in [0.5, 0.6) is 0 Å². The lowest BCUT2D eigenvalue weighted by Gasteiger charge is -2.01. The summed E-state index contributed by atoms with van der Waals surface area (Å²) >= 11 is 0. The fraction of sp³-hybridized carbons (Fsp3) is 0.429. The SMILES string of the molecule is Cc1cn(CCNC(N)=O)cn1. The Kier molecular flexibility index (Phi) is 2.68. The fourth-order valence-corrected chi connectivity index (χ4v) is 0.902. The molecule has 12 heavy (non-hydrogen) atoms. The van der Waals surface area contributed by atoms with Crippen molar-refractivity contribution in [3.63, 3.8) is 0 Å². The Labute approximate surface area is 70.6 Å². The zero-order valence-electron chi connectivity index (χ0n) is 6.95. The van der Waals surface area contributed by atoms with E-state index in [2.05, 4.69) is 10.3 Å². The first kappa shape index (κ1) is 8.58. The van der Waals surface area contributed by atoms with Crippen molar-refractivity contribution in [3.05, 3.63) is 18.2 Å². The average Bonchev–Trinajstić information content (AvgIpc) is 2.35. The first-order valence-electron chi connectivity index (χ1n) is 3.70. The van der Waals surface area contributed by atoms with E-state index in [9.17, 15) is 4.79 Å². The summed E-state index contributed by atoms with van der Waals surface area (Å²) in [6.07, 6.45) is 3.63. The van der Waals surface area contributed by atoms with Gasteiger partial charge < -0.3 is 15.6 Å². The monoisotopic (exact) mass is 168 g/mol. The van der Waals surface area contributed by atoms with E-state index < -0.39 is 6.03 Å². The molecule has 5 heteroatoms. The Morgan fingerprint density at radius 3 is 3.08 bits per heavy atom. The van der Waals surface area contributed by atoms with E-state index in [4.69, 9.17) is 5.73 Å². The van der Waals surface area contributed by atoms with Gasteiger partial charge in [0.2, 0.25) is 0 Å². The van der Waals surface area contributed by atoms with Crippen molar-refractivity contribution < 1.29 is 4.79 Å². The van der Waals surface area contributed by atoms with Crippen molar-refractivity contribution in [2.75, 3.05) is 6.54 Å². The molecule has 0 spiro atoms. The van der Waals surface area contributed by atoms with E-state index in [1.54, 1.807) is 6.33 Å². The molecule has 0 saturated heterocycles. The Balaban J connectivity index is 2.29. The summed E-state index contributed by atoms with van der Waals surface area (Å²) in [6.45, 7) is 3.15. The van der Waals surface area contributed by atoms with Gasteiger partial charge in [0.05, 0.1) is 12.0 Å². The van der Waals surface area contributed by atoms with E-state index in [0.717, 1.165) is 5.69 Å². The molecule has 0 aliphatic heterocycles. The summed E-state index contributed by atoms with van der Waals surface area (Å²) in [6, 6.07) is -0.494. The number of rotatable bonds is 3. The summed E-state index contributed by atoms with van der Waals surface area (Å²) in [7, 11) is 0. The second kappa shape index (κ2) is 3.75. The number of aromatic nitrogens is 2. The van der Waals surface area contributed by atoms with E-state index in [-0.39, 0.29) is 0 Å². The van der Waals surface area contributed by atoms with Crippen LogP contribution in [-0.4, -0.2) is 22.1 Å². The Morgan fingerprint density at radius 2 is 2.58 bits per heavy atom. The van der Waals surface area contributed by atoms with Gasteiger partial charge in [0, 0.05) is 19.3 Å². The number of nitrogens with two attached hydrogens (primary N) is 1. The summed E-state index contributed by atoms with van der Waals surface area (Å²) < 4.78 is 1.89. The van der Waals surface area contributed by atoms with E-state index in [1.165, 1.54) is 0 Å². The van der Waals surface area contributed by atoms with Gasteiger partial charge in [-0.05, 0) is 6.92 Å². The van der Waals surface area contributed by atoms with E-state index in [0.29, 0.717) is 13.1 Å². The molecule has 66 valence electrons. The maximum Gasteiger partial charge on any atom is 0.312 e. The molecular weight excluding hydrogens is 156 g/mol. The third-order valence-electron chi connectivity index (χ3n) is 1.43. The normalized spacial score (nSPS) is 9.75. The highest BCUT2D eigenvalue weighted by Gasteiger charge is 1.93. The van der Waals surface area contributed by atoms with Crippen LogP contribution in [0.1, 0.15) is 5.69 Å². The van der Waals surface area contributed by atoms with Gasteiger partial charge in [0.25, 0.3) is 0 Å². The first-order valence-corrected chi connectivity index (χ1v) is 3.70. The number of aryl methyl sites for hydroxylation is 1. The Morgan fingerprint density at radius 1 is 1.83 bits per heavy atom. The van der Waals surface area contributed by atoms with Crippen LogP contribution >= 0.6 is 0 Å². The van der Waals surface area contributed by atoms with Gasteiger partial charge in [-0.1, -0.05) is 0 Å². The minimum Gasteiger partial charge on any atom is -0.352 e. The molecule has 0 radical (unpaired) electrons. The standard InChI is InChI=1S/C7H12N4O/c1-6-4-11(5-10-6)3-2-9-7(8)12/h4-5H,2-3H2,1H3,(H3,8,9,12). The minimum atomic E-state index is -0.494. The van der Waals surface area contributed by atoms with Crippen LogP contribution in [0.4, 0.5) is 4.79 Å². The quantitative estimate of drug-likeness (QED) is 0.659. The number of carbonyl (C=O) groups is 1. The molecule has 1 rings (SSSR count). The lowest BCUT2D eigenvalue weighted by molar-refractivity contribution is 0.248. The first-order chi connectivity index (χ1) is 5.68. The molecule has 5 nitrogen and oxygen atoms in total. The maximum atomic E-state index is 10.3. The van der Waals surface area contributed by atoms with Crippen molar-refractivity contribution in [3.8, 4) is 0 Å². The average molecular weight is 168 g/mol. The highest BCUT2D eigenvalue weighted by Crippen LogP contribution is 1.91. The Hall–Kier alpha value is -1.52. The number of nitrogens with zero attached hydrogens (tertiary/aromatic N) is 2. The van der Waals surface area contributed by atoms with Crippen LogP contribution in [0.25, 0.3) is 0 Å². The number of imidazole rings is 1. The number of primary amides is 1. The molecule has 1 aromatic rings. The van der Waals surface area contributed by atoms with Gasteiger partial charge >= 0.3 is 6.03 Å². The predicted molar refractivity (Wildman–Crippen MR) is 44.6 cm³/mol. The largest absolute Gasteiger partial charge is 0.352 e. The van der Waals surface area contributed by atoms with Crippen LogP contribution in [0.15, 0.2) is 12.5 Å². The molecular formula is C7H12N4O. The lowest BCUT2D eigenvalue weighted by Crippen LogP contribution is -2.31. The molecule has 0 fully saturated rings. The number of nitrogens with one attached hydrogen (secondary N) is 1. The van der Waals surface area contributed by atoms with Gasteiger partial charge in [-0.3, -0.25) is 0 Å². The van der Waals surface area contributed by atoms with Gasteiger partial charge in [0.1, 0.15) is 0 Å². The molecule has 0 aliphatic carbocycles. The lowest BCUT2D eigenvalue weighted by atomic mass is 10.5. The fourth-order valence-electron chi connectivity index (χ4n) is 0.902. The topological polar surface area (TPSA) is 72.9 Å². The zero-order chi connectivity index (χ0) is 8.97. The summed E-state index contributed by atoms with van der Waals surface area (Å²) in [5.74, 6) is 0. The van der Waals surface area contributed by atoms with Gasteiger partial charge in [-0.2, -0.15) is 0 Å². The number of hydrogen-bond donors (Lipinski definition) is 2. The molecule has 1 aromatic heterocycles. The minimum absolute atomic E-state index is 0.494. The van der Waals surface area contributed by atoms with Crippen molar-refractivity contribution in [1.29, 1.82) is 0 Å². The molecule has 0 aromatic carbocycles. The highest BCUT2D eigenvalue weighted by atomic mass is 16.2. The van der Waals surface area contributed by atoms with Crippen LogP contribution in [0, 0.1) is 6.92 Å². The summed E-state index contributed by atoms with van der Waals surface area (Å²) in [4.78, 5) is 14.3. The van der Waals surface area contributed by atoms with Crippen molar-refractivity contribution in [2.45, 2.75) is 13.5 Å². The smallest absolute Gasteiger partial charge is 0.312 e. The second-order valence-corrected chi connectivity index (χ2v) is 2.54. The van der Waals surface area contributed by atoms with Crippen molar-refractivity contribution in [2.24, 2.45) is 5.73 Å². The number of hydrogen-bond acceptors (Lipinski definition) is 2. The molecule has 0 bridgehead atoms. The molecule has 1 heterocycles. The van der Waals surface area contributed by atoms with Crippen molar-refractivity contribution in [1.82, 2.24) is 14.9 Å². The van der Waals surface area contributed by atoms with Crippen LogP contribution in [0.3, 0.4) is 0 Å². The molecule has 3 N–H and O–H groups in total. The zero-order valence-corrected chi connectivity index (χ0v) is 6.95. The molecule has 2 amide bonds. The Bertz CT molecular complexity index is 268. The van der Waals surface area contributed by atoms with E-state index in [1.807, 2.05) is 17.7 Å². The molecule has 0 aliphatic rings. The maximum absolute atomic E-state index is 10.3. The predicted octanol–water partition coefficient (Wildman–Crippen LogP) is -0.140. The third kappa shape index (κ3) is 2.61. The summed E-state index contributed by atoms with van der Waals surface area (Å²) in [5.41, 5.74) is 5.85. The number of amides is 2. The number of carbonyl (C=O) groups excluding carboxylic acids is 1. The molecule has 0 atom stereocenters. The highest BCUT2D eigenvalue weighted by molar-refractivity contribution is 5.71. The summed E-state index contributed by atoms with van der Waals surface area (Å²) in [5, 5.41) is 2.49. The number of urea groups is 1. The molecule has 0 unspecified atom stereocenters. The third-order valence-corrected chi connectivity index (χ3v) is 1.43. The van der Waals surface area contributed by atoms with Crippen molar-refractivity contribution >= 4 is 6.03 Å².